The molecular formula is C15H14FN3S. The molecule has 20 heavy (non-hydrogen) atoms. The zero-order valence-electron chi connectivity index (χ0n) is 11.2. The molecule has 0 spiro atoms. The summed E-state index contributed by atoms with van der Waals surface area (Å²) in [5.41, 5.74) is 3.64. The quantitative estimate of drug-likeness (QED) is 0.730. The lowest BCUT2D eigenvalue weighted by Gasteiger charge is -2.11. The average molecular weight is 287 g/mol. The van der Waals surface area contributed by atoms with Crippen molar-refractivity contribution in [2.45, 2.75) is 18.7 Å². The second-order valence-corrected chi connectivity index (χ2v) is 5.40. The van der Waals surface area contributed by atoms with Gasteiger partial charge in [0.15, 0.2) is 0 Å². The fraction of sp³-hybridized carbons (Fsp3) is 0.133. The number of nitrogens with two attached hydrogens (primary N) is 1. The number of rotatable bonds is 2. The predicted octanol–water partition coefficient (Wildman–Crippen LogP) is 3.75. The molecule has 3 nitrogen and oxygen atoms in total. The largest absolute Gasteiger partial charge is 0.296 e. The number of halogens is 1. The van der Waals surface area contributed by atoms with Gasteiger partial charge in [-0.1, -0.05) is 0 Å². The Morgan fingerprint density at radius 2 is 1.95 bits per heavy atom. The highest BCUT2D eigenvalue weighted by Crippen LogP contribution is 2.26. The Balaban J connectivity index is 2.28. The number of nitrogens with zero attached hydrogens (tertiary/aromatic N) is 2. The van der Waals surface area contributed by atoms with E-state index >= 15 is 0 Å². The van der Waals surface area contributed by atoms with Crippen LogP contribution in [-0.2, 0) is 0 Å². The Morgan fingerprint density at radius 1 is 1.15 bits per heavy atom. The average Bonchev–Trinajstić information content (AvgIpc) is 2.74. The van der Waals surface area contributed by atoms with Gasteiger partial charge < -0.3 is 0 Å². The molecule has 2 N–H and O–H groups in total. The van der Waals surface area contributed by atoms with Crippen LogP contribution in [0.5, 0.6) is 0 Å². The molecule has 102 valence electrons. The summed E-state index contributed by atoms with van der Waals surface area (Å²) in [5.74, 6) is 0.576. The molecule has 3 rings (SSSR count). The molecule has 1 aromatic heterocycles. The number of aryl methyl sites for hydroxylation is 2. The van der Waals surface area contributed by atoms with Crippen LogP contribution in [0.1, 0.15) is 11.4 Å². The summed E-state index contributed by atoms with van der Waals surface area (Å²) in [7, 11) is 0. The maximum atomic E-state index is 13.5. The first-order valence-corrected chi connectivity index (χ1v) is 7.10. The second kappa shape index (κ2) is 4.92. The van der Waals surface area contributed by atoms with Crippen LogP contribution >= 0.6 is 11.9 Å². The molecule has 0 atom stereocenters. The van der Waals surface area contributed by atoms with Gasteiger partial charge in [-0.15, -0.1) is 0 Å². The van der Waals surface area contributed by atoms with Gasteiger partial charge in [-0.05, 0) is 61.7 Å². The summed E-state index contributed by atoms with van der Waals surface area (Å²) in [6.07, 6.45) is 0. The maximum Gasteiger partial charge on any atom is 0.125 e. The minimum absolute atomic E-state index is 0.259. The van der Waals surface area contributed by atoms with Crippen molar-refractivity contribution < 1.29 is 4.39 Å². The van der Waals surface area contributed by atoms with Crippen molar-refractivity contribution >= 4 is 23.0 Å². The van der Waals surface area contributed by atoms with Crippen molar-refractivity contribution in [3.8, 4) is 5.69 Å². The van der Waals surface area contributed by atoms with Gasteiger partial charge in [0.2, 0.25) is 0 Å². The van der Waals surface area contributed by atoms with E-state index in [4.69, 9.17) is 5.14 Å². The van der Waals surface area contributed by atoms with Crippen LogP contribution in [0.2, 0.25) is 0 Å². The molecule has 0 aliphatic rings. The van der Waals surface area contributed by atoms with Gasteiger partial charge in [-0.25, -0.2) is 9.37 Å². The summed E-state index contributed by atoms with van der Waals surface area (Å²) in [6, 6.07) is 10.6. The zero-order valence-corrected chi connectivity index (χ0v) is 12.0. The van der Waals surface area contributed by atoms with Crippen molar-refractivity contribution in [3.05, 3.63) is 53.6 Å². The van der Waals surface area contributed by atoms with Crippen molar-refractivity contribution in [1.29, 1.82) is 0 Å². The number of imidazole rings is 1. The first-order chi connectivity index (χ1) is 9.60. The highest BCUT2D eigenvalue weighted by molar-refractivity contribution is 7.97. The topological polar surface area (TPSA) is 43.8 Å². The van der Waals surface area contributed by atoms with E-state index in [1.165, 1.54) is 24.1 Å². The molecule has 0 saturated heterocycles. The molecule has 1 heterocycles. The SMILES string of the molecule is Cc1cc(SN)ccc1-n1c(C)nc2ccc(F)cc21. The van der Waals surface area contributed by atoms with Gasteiger partial charge in [0.25, 0.3) is 0 Å². The summed E-state index contributed by atoms with van der Waals surface area (Å²) in [4.78, 5) is 5.48. The Morgan fingerprint density at radius 3 is 2.65 bits per heavy atom. The molecule has 0 fully saturated rings. The molecule has 0 bridgehead atoms. The molecule has 5 heteroatoms. The molecule has 0 aliphatic heterocycles. The fourth-order valence-electron chi connectivity index (χ4n) is 2.43. The highest BCUT2D eigenvalue weighted by atomic mass is 32.2. The van der Waals surface area contributed by atoms with Gasteiger partial charge in [-0.2, -0.15) is 0 Å². The van der Waals surface area contributed by atoms with E-state index in [1.807, 2.05) is 36.6 Å². The van der Waals surface area contributed by atoms with Crippen molar-refractivity contribution in [2.75, 3.05) is 0 Å². The van der Waals surface area contributed by atoms with Crippen LogP contribution in [0.25, 0.3) is 16.7 Å². The second-order valence-electron chi connectivity index (χ2n) is 4.69. The summed E-state index contributed by atoms with van der Waals surface area (Å²) >= 11 is 1.21. The summed E-state index contributed by atoms with van der Waals surface area (Å²) in [5, 5.41) is 5.58. The van der Waals surface area contributed by atoms with E-state index in [1.54, 1.807) is 6.07 Å². The van der Waals surface area contributed by atoms with E-state index in [2.05, 4.69) is 4.98 Å². The molecule has 0 unspecified atom stereocenters. The molecule has 0 aliphatic carbocycles. The van der Waals surface area contributed by atoms with Crippen molar-refractivity contribution in [1.82, 2.24) is 9.55 Å². The number of benzene rings is 2. The first kappa shape index (κ1) is 13.1. The van der Waals surface area contributed by atoms with Crippen LogP contribution in [0.3, 0.4) is 0 Å². The Bertz CT molecular complexity index is 795. The van der Waals surface area contributed by atoms with Crippen LogP contribution < -0.4 is 5.14 Å². The van der Waals surface area contributed by atoms with E-state index in [0.717, 1.165) is 33.0 Å². The van der Waals surface area contributed by atoms with E-state index in [9.17, 15) is 4.39 Å². The summed E-state index contributed by atoms with van der Waals surface area (Å²) in [6.45, 7) is 3.93. The lowest BCUT2D eigenvalue weighted by Crippen LogP contribution is -2.00. The van der Waals surface area contributed by atoms with Gasteiger partial charge in [-0.3, -0.25) is 9.71 Å². The fourth-order valence-corrected chi connectivity index (χ4v) is 2.82. The van der Waals surface area contributed by atoms with Crippen LogP contribution in [0, 0.1) is 19.7 Å². The third kappa shape index (κ3) is 2.09. The minimum Gasteiger partial charge on any atom is -0.296 e. The van der Waals surface area contributed by atoms with Crippen LogP contribution in [0.4, 0.5) is 4.39 Å². The monoisotopic (exact) mass is 287 g/mol. The van der Waals surface area contributed by atoms with E-state index < -0.39 is 0 Å². The third-order valence-corrected chi connectivity index (χ3v) is 3.86. The van der Waals surface area contributed by atoms with E-state index in [-0.39, 0.29) is 5.82 Å². The number of fused-ring (bicyclic) bond motifs is 1. The molecule has 0 saturated carbocycles. The Hall–Kier alpha value is -1.85. The van der Waals surface area contributed by atoms with Crippen LogP contribution in [0.15, 0.2) is 41.3 Å². The first-order valence-electron chi connectivity index (χ1n) is 6.22. The van der Waals surface area contributed by atoms with Gasteiger partial charge in [0, 0.05) is 11.0 Å². The highest BCUT2D eigenvalue weighted by Gasteiger charge is 2.12. The lowest BCUT2D eigenvalue weighted by molar-refractivity contribution is 0.629. The molecule has 0 radical (unpaired) electrons. The van der Waals surface area contributed by atoms with Crippen molar-refractivity contribution in [2.24, 2.45) is 5.14 Å². The number of hydrogen-bond acceptors (Lipinski definition) is 3. The maximum absolute atomic E-state index is 13.5. The Kier molecular flexibility index (Phi) is 3.23. The number of hydrogen-bond donors (Lipinski definition) is 1. The lowest BCUT2D eigenvalue weighted by atomic mass is 10.2. The van der Waals surface area contributed by atoms with Gasteiger partial charge in [0.1, 0.15) is 11.6 Å². The predicted molar refractivity (Wildman–Crippen MR) is 80.5 cm³/mol. The zero-order chi connectivity index (χ0) is 14.3. The molecular weight excluding hydrogens is 273 g/mol. The summed E-state index contributed by atoms with van der Waals surface area (Å²) < 4.78 is 15.5. The van der Waals surface area contributed by atoms with Crippen molar-refractivity contribution in [3.63, 3.8) is 0 Å². The normalized spacial score (nSPS) is 11.2. The van der Waals surface area contributed by atoms with Gasteiger partial charge >= 0.3 is 0 Å². The smallest absolute Gasteiger partial charge is 0.125 e. The molecule has 0 amide bonds. The standard InChI is InChI=1S/C15H14FN3S/c1-9-7-12(20-17)4-6-14(9)19-10(2)18-13-5-3-11(16)8-15(13)19/h3-8H,17H2,1-2H3. The minimum atomic E-state index is -0.259. The van der Waals surface area contributed by atoms with E-state index in [0.29, 0.717) is 0 Å². The molecule has 3 aromatic rings. The van der Waals surface area contributed by atoms with Crippen LogP contribution in [-0.4, -0.2) is 9.55 Å². The Labute approximate surface area is 120 Å². The molecule has 2 aromatic carbocycles. The van der Waals surface area contributed by atoms with Gasteiger partial charge in [0.05, 0.1) is 16.7 Å². The third-order valence-electron chi connectivity index (χ3n) is 3.33. The number of aromatic nitrogens is 2.